The molecule has 2 fully saturated rings. The van der Waals surface area contributed by atoms with Crippen LogP contribution in [0.15, 0.2) is 30.3 Å². The molecule has 0 unspecified atom stereocenters. The topological polar surface area (TPSA) is 6.48 Å². The average molecular weight is 325 g/mol. The van der Waals surface area contributed by atoms with Crippen molar-refractivity contribution in [1.29, 1.82) is 0 Å². The van der Waals surface area contributed by atoms with E-state index < -0.39 is 0 Å². The second kappa shape index (κ2) is 6.55. The van der Waals surface area contributed by atoms with Crippen LogP contribution in [-0.4, -0.2) is 37.6 Å². The van der Waals surface area contributed by atoms with Crippen molar-refractivity contribution in [1.82, 2.24) is 4.90 Å². The van der Waals surface area contributed by atoms with Crippen molar-refractivity contribution in [3.8, 4) is 0 Å². The van der Waals surface area contributed by atoms with Gasteiger partial charge in [-0.15, -0.1) is 0 Å². The monoisotopic (exact) mass is 324 g/mol. The van der Waals surface area contributed by atoms with E-state index in [0.29, 0.717) is 0 Å². The van der Waals surface area contributed by atoms with Gasteiger partial charge < -0.3 is 4.90 Å². The number of nitrogens with zero attached hydrogens (tertiary/aromatic N) is 2. The van der Waals surface area contributed by atoms with E-state index in [1.54, 1.807) is 5.57 Å². The molecule has 1 aromatic carbocycles. The number of rotatable bonds is 4. The Morgan fingerprint density at radius 3 is 2.38 bits per heavy atom. The Bertz CT molecular complexity index is 604. The van der Waals surface area contributed by atoms with Crippen LogP contribution >= 0.6 is 0 Å². The maximum Gasteiger partial charge on any atom is 0.0443 e. The van der Waals surface area contributed by atoms with Crippen molar-refractivity contribution in [3.63, 3.8) is 0 Å². The molecule has 2 aliphatic carbocycles. The summed E-state index contributed by atoms with van der Waals surface area (Å²) in [6.45, 7) is 10.6. The molecule has 0 bridgehead atoms. The SMILES string of the molecule is CC(C)CN1CCN(c2ccccc2C2=CCC3(CC2)CC3)CC1. The lowest BCUT2D eigenvalue weighted by Crippen LogP contribution is -2.47. The van der Waals surface area contributed by atoms with Gasteiger partial charge in [0.2, 0.25) is 0 Å². The zero-order valence-corrected chi connectivity index (χ0v) is 15.4. The van der Waals surface area contributed by atoms with Gasteiger partial charge in [0, 0.05) is 44.0 Å². The van der Waals surface area contributed by atoms with Crippen molar-refractivity contribution >= 4 is 11.3 Å². The van der Waals surface area contributed by atoms with Crippen LogP contribution in [0.3, 0.4) is 0 Å². The van der Waals surface area contributed by atoms with Crippen LogP contribution in [0.2, 0.25) is 0 Å². The molecular formula is C22H32N2. The zero-order valence-electron chi connectivity index (χ0n) is 15.4. The lowest BCUT2D eigenvalue weighted by Gasteiger charge is -2.38. The van der Waals surface area contributed by atoms with E-state index in [1.807, 2.05) is 0 Å². The zero-order chi connectivity index (χ0) is 16.6. The molecule has 4 rings (SSSR count). The van der Waals surface area contributed by atoms with Gasteiger partial charge in [-0.3, -0.25) is 4.90 Å². The number of piperazine rings is 1. The van der Waals surface area contributed by atoms with Crippen molar-refractivity contribution in [3.05, 3.63) is 35.9 Å². The second-order valence-corrected chi connectivity index (χ2v) is 8.63. The smallest absolute Gasteiger partial charge is 0.0443 e. The van der Waals surface area contributed by atoms with E-state index in [9.17, 15) is 0 Å². The molecule has 0 N–H and O–H groups in total. The number of hydrogen-bond acceptors (Lipinski definition) is 2. The second-order valence-electron chi connectivity index (χ2n) is 8.63. The highest BCUT2D eigenvalue weighted by Crippen LogP contribution is 2.56. The minimum atomic E-state index is 0.723. The molecule has 0 radical (unpaired) electrons. The first-order chi connectivity index (χ1) is 11.7. The summed E-state index contributed by atoms with van der Waals surface area (Å²) in [7, 11) is 0. The fraction of sp³-hybridized carbons (Fsp3) is 0.636. The normalized spacial score (nSPS) is 23.6. The average Bonchev–Trinajstić information content (AvgIpc) is 3.35. The van der Waals surface area contributed by atoms with E-state index in [0.717, 1.165) is 11.3 Å². The summed E-state index contributed by atoms with van der Waals surface area (Å²) >= 11 is 0. The summed E-state index contributed by atoms with van der Waals surface area (Å²) < 4.78 is 0. The van der Waals surface area contributed by atoms with Gasteiger partial charge in [-0.05, 0) is 55.1 Å². The van der Waals surface area contributed by atoms with Crippen LogP contribution in [-0.2, 0) is 0 Å². The highest BCUT2D eigenvalue weighted by atomic mass is 15.3. The molecule has 3 aliphatic rings. The van der Waals surface area contributed by atoms with Crippen LogP contribution in [0.1, 0.15) is 51.5 Å². The van der Waals surface area contributed by atoms with Gasteiger partial charge in [0.1, 0.15) is 0 Å². The van der Waals surface area contributed by atoms with Gasteiger partial charge in [-0.25, -0.2) is 0 Å². The predicted octanol–water partition coefficient (Wildman–Crippen LogP) is 4.81. The quantitative estimate of drug-likeness (QED) is 0.784. The molecule has 1 aliphatic heterocycles. The van der Waals surface area contributed by atoms with E-state index in [-0.39, 0.29) is 0 Å². The Morgan fingerprint density at radius 2 is 1.75 bits per heavy atom. The van der Waals surface area contributed by atoms with Gasteiger partial charge in [0.25, 0.3) is 0 Å². The maximum absolute atomic E-state index is 2.63. The van der Waals surface area contributed by atoms with Gasteiger partial charge in [0.15, 0.2) is 0 Å². The summed E-state index contributed by atoms with van der Waals surface area (Å²) in [5.74, 6) is 0.769. The van der Waals surface area contributed by atoms with Gasteiger partial charge in [0.05, 0.1) is 0 Å². The van der Waals surface area contributed by atoms with Crippen molar-refractivity contribution in [2.45, 2.75) is 46.0 Å². The van der Waals surface area contributed by atoms with Crippen molar-refractivity contribution in [2.24, 2.45) is 11.3 Å². The highest BCUT2D eigenvalue weighted by Gasteiger charge is 2.42. The van der Waals surface area contributed by atoms with Crippen LogP contribution in [0, 0.1) is 11.3 Å². The molecule has 24 heavy (non-hydrogen) atoms. The Kier molecular flexibility index (Phi) is 4.42. The van der Waals surface area contributed by atoms with Gasteiger partial charge in [-0.1, -0.05) is 38.1 Å². The molecule has 0 aromatic heterocycles. The van der Waals surface area contributed by atoms with Crippen LogP contribution in [0.25, 0.3) is 5.57 Å². The van der Waals surface area contributed by atoms with E-state index in [1.165, 1.54) is 76.1 Å². The van der Waals surface area contributed by atoms with Gasteiger partial charge >= 0.3 is 0 Å². The van der Waals surface area contributed by atoms with Crippen LogP contribution < -0.4 is 4.90 Å². The Balaban J connectivity index is 1.47. The molecule has 1 saturated heterocycles. The van der Waals surface area contributed by atoms with Gasteiger partial charge in [-0.2, -0.15) is 0 Å². The van der Waals surface area contributed by atoms with Crippen LogP contribution in [0.4, 0.5) is 5.69 Å². The number of para-hydroxylation sites is 1. The predicted molar refractivity (Wildman–Crippen MR) is 103 cm³/mol. The number of allylic oxidation sites excluding steroid dienone is 2. The minimum absolute atomic E-state index is 0.723. The maximum atomic E-state index is 2.63. The highest BCUT2D eigenvalue weighted by molar-refractivity contribution is 5.77. The molecule has 130 valence electrons. The molecule has 2 heteroatoms. The first kappa shape index (κ1) is 16.2. The van der Waals surface area contributed by atoms with Crippen molar-refractivity contribution < 1.29 is 0 Å². The summed E-state index contributed by atoms with van der Waals surface area (Å²) in [4.78, 5) is 5.25. The van der Waals surface area contributed by atoms with E-state index in [4.69, 9.17) is 0 Å². The minimum Gasteiger partial charge on any atom is -0.368 e. The lowest BCUT2D eigenvalue weighted by atomic mass is 9.84. The number of hydrogen-bond donors (Lipinski definition) is 0. The summed E-state index contributed by atoms with van der Waals surface area (Å²) in [5, 5.41) is 0. The summed E-state index contributed by atoms with van der Waals surface area (Å²) in [6.07, 6.45) is 9.51. The molecule has 0 amide bonds. The summed E-state index contributed by atoms with van der Waals surface area (Å²) in [5.41, 5.74) is 5.30. The number of anilines is 1. The third-order valence-electron chi connectivity index (χ3n) is 6.25. The summed E-state index contributed by atoms with van der Waals surface area (Å²) in [6, 6.07) is 9.13. The fourth-order valence-electron chi connectivity index (χ4n) is 4.53. The lowest BCUT2D eigenvalue weighted by molar-refractivity contribution is 0.231. The van der Waals surface area contributed by atoms with E-state index >= 15 is 0 Å². The Labute approximate surface area is 147 Å². The molecular weight excluding hydrogens is 292 g/mol. The first-order valence-electron chi connectivity index (χ1n) is 9.91. The molecule has 0 atom stereocenters. The van der Waals surface area contributed by atoms with Crippen molar-refractivity contribution in [2.75, 3.05) is 37.6 Å². The standard InChI is InChI=1S/C22H32N2/c1-18(2)17-23-13-15-24(16-14-23)21-6-4-3-5-20(21)19-7-9-22(10-8-19)11-12-22/h3-7,18H,8-17H2,1-2H3. The Morgan fingerprint density at radius 1 is 1.00 bits per heavy atom. The fourth-order valence-corrected chi connectivity index (χ4v) is 4.53. The molecule has 1 heterocycles. The molecule has 1 aromatic rings. The van der Waals surface area contributed by atoms with E-state index in [2.05, 4.69) is 54.0 Å². The third kappa shape index (κ3) is 3.39. The third-order valence-corrected chi connectivity index (χ3v) is 6.25. The molecule has 1 spiro atoms. The number of benzene rings is 1. The molecule has 1 saturated carbocycles. The largest absolute Gasteiger partial charge is 0.368 e. The first-order valence-corrected chi connectivity index (χ1v) is 9.91. The Hall–Kier alpha value is -1.28. The molecule has 2 nitrogen and oxygen atoms in total. The van der Waals surface area contributed by atoms with Crippen LogP contribution in [0.5, 0.6) is 0 Å².